The van der Waals surface area contributed by atoms with Crippen molar-refractivity contribution in [3.05, 3.63) is 12.3 Å². The fourth-order valence-corrected chi connectivity index (χ4v) is 0.726. The van der Waals surface area contributed by atoms with Gasteiger partial charge in [-0.3, -0.25) is 0 Å². The molecule has 0 atom stereocenters. The highest BCUT2D eigenvalue weighted by Crippen LogP contribution is 1.77. The highest BCUT2D eigenvalue weighted by Gasteiger charge is 1.86. The summed E-state index contributed by atoms with van der Waals surface area (Å²) in [6.45, 7) is 3.24. The largest absolute Gasteiger partial charge is 0.391 e. The van der Waals surface area contributed by atoms with Crippen LogP contribution in [0, 0.1) is 0 Å². The zero-order chi connectivity index (χ0) is 5.66. The second-order valence-corrected chi connectivity index (χ2v) is 1.91. The fourth-order valence-electron chi connectivity index (χ4n) is 0.726. The minimum Gasteiger partial charge on any atom is -0.391 e. The first kappa shape index (κ1) is 5.63. The molecule has 2 N–H and O–H groups in total. The quantitative estimate of drug-likeness (QED) is 0.464. The molecule has 0 saturated carbocycles. The number of rotatable bonds is 0. The maximum absolute atomic E-state index is 3.26. The molecule has 0 aromatic carbocycles. The average molecular weight is 112 g/mol. The summed E-state index contributed by atoms with van der Waals surface area (Å²) < 4.78 is 0. The van der Waals surface area contributed by atoms with E-state index in [2.05, 4.69) is 16.7 Å². The van der Waals surface area contributed by atoms with Gasteiger partial charge in [-0.2, -0.15) is 0 Å². The minimum atomic E-state index is 1.01. The summed E-state index contributed by atoms with van der Waals surface area (Å²) in [6, 6.07) is 0. The van der Waals surface area contributed by atoms with Gasteiger partial charge in [-0.05, 0) is 19.2 Å². The van der Waals surface area contributed by atoms with Crippen molar-refractivity contribution in [1.82, 2.24) is 10.6 Å². The van der Waals surface area contributed by atoms with E-state index in [4.69, 9.17) is 0 Å². The molecule has 0 bridgehead atoms. The van der Waals surface area contributed by atoms with E-state index >= 15 is 0 Å². The third-order valence-corrected chi connectivity index (χ3v) is 1.17. The molecule has 0 unspecified atom stereocenters. The van der Waals surface area contributed by atoms with Crippen molar-refractivity contribution in [3.63, 3.8) is 0 Å². The fraction of sp³-hybridized carbons (Fsp3) is 0.667. The van der Waals surface area contributed by atoms with E-state index in [0.717, 1.165) is 19.6 Å². The summed E-state index contributed by atoms with van der Waals surface area (Å²) in [6.07, 6.45) is 5.33. The second kappa shape index (κ2) is 3.50. The lowest BCUT2D eigenvalue weighted by Crippen LogP contribution is -2.22. The molecule has 1 aliphatic rings. The topological polar surface area (TPSA) is 24.1 Å². The summed E-state index contributed by atoms with van der Waals surface area (Å²) in [5, 5.41) is 6.43. The molecule has 0 radical (unpaired) electrons. The average Bonchev–Trinajstić information content (AvgIpc) is 1.62. The molecule has 0 fully saturated rings. The summed E-state index contributed by atoms with van der Waals surface area (Å²) in [7, 11) is 0. The van der Waals surface area contributed by atoms with E-state index in [1.54, 1.807) is 0 Å². The van der Waals surface area contributed by atoms with Crippen molar-refractivity contribution in [2.45, 2.75) is 6.42 Å². The van der Waals surface area contributed by atoms with Crippen LogP contribution in [-0.4, -0.2) is 19.6 Å². The van der Waals surface area contributed by atoms with Gasteiger partial charge in [0.2, 0.25) is 0 Å². The Morgan fingerprint density at radius 3 is 3.25 bits per heavy atom. The van der Waals surface area contributed by atoms with E-state index in [-0.39, 0.29) is 0 Å². The SMILES string of the molecule is C1=CNCCCNC1. The molecule has 0 aliphatic carbocycles. The van der Waals surface area contributed by atoms with Gasteiger partial charge >= 0.3 is 0 Å². The van der Waals surface area contributed by atoms with E-state index in [1.807, 2.05) is 6.20 Å². The lowest BCUT2D eigenvalue weighted by atomic mass is 10.4. The smallest absolute Gasteiger partial charge is 0.0153 e. The zero-order valence-electron chi connectivity index (χ0n) is 4.98. The normalized spacial score (nSPS) is 21.0. The van der Waals surface area contributed by atoms with Crippen LogP contribution in [0.5, 0.6) is 0 Å². The molecule has 0 aromatic rings. The van der Waals surface area contributed by atoms with Gasteiger partial charge < -0.3 is 10.6 Å². The van der Waals surface area contributed by atoms with Gasteiger partial charge in [0, 0.05) is 13.1 Å². The Morgan fingerprint density at radius 1 is 1.25 bits per heavy atom. The lowest BCUT2D eigenvalue weighted by molar-refractivity contribution is 0.651. The molecular formula is C6H12N2. The molecule has 0 aromatic heterocycles. The molecule has 46 valence electrons. The molecule has 8 heavy (non-hydrogen) atoms. The third kappa shape index (κ3) is 1.98. The molecule has 1 aliphatic heterocycles. The van der Waals surface area contributed by atoms with Gasteiger partial charge in [0.05, 0.1) is 0 Å². The molecule has 0 saturated heterocycles. The molecule has 2 nitrogen and oxygen atoms in total. The van der Waals surface area contributed by atoms with Crippen molar-refractivity contribution in [2.75, 3.05) is 19.6 Å². The van der Waals surface area contributed by atoms with E-state index in [9.17, 15) is 0 Å². The van der Waals surface area contributed by atoms with Crippen molar-refractivity contribution in [3.8, 4) is 0 Å². The highest BCUT2D eigenvalue weighted by atomic mass is 14.9. The standard InChI is InChI=1S/C6H12N2/c1-3-7-5-2-6-8-4-1/h1,3,7-8H,2,4-6H2. The number of hydrogen-bond acceptors (Lipinski definition) is 2. The maximum atomic E-state index is 3.26. The highest BCUT2D eigenvalue weighted by molar-refractivity contribution is 4.83. The van der Waals surface area contributed by atoms with Gasteiger partial charge in [-0.15, -0.1) is 0 Å². The Hall–Kier alpha value is -0.500. The molecule has 2 heteroatoms. The monoisotopic (exact) mass is 112 g/mol. The first-order valence-electron chi connectivity index (χ1n) is 3.09. The van der Waals surface area contributed by atoms with Crippen LogP contribution in [0.3, 0.4) is 0 Å². The molecule has 0 amide bonds. The predicted molar refractivity (Wildman–Crippen MR) is 34.6 cm³/mol. The summed E-state index contributed by atoms with van der Waals surface area (Å²) >= 11 is 0. The van der Waals surface area contributed by atoms with Crippen LogP contribution in [0.1, 0.15) is 6.42 Å². The second-order valence-electron chi connectivity index (χ2n) is 1.91. The maximum Gasteiger partial charge on any atom is 0.0153 e. The zero-order valence-corrected chi connectivity index (χ0v) is 4.98. The van der Waals surface area contributed by atoms with Crippen molar-refractivity contribution in [2.24, 2.45) is 0 Å². The predicted octanol–water partition coefficient (Wildman–Crippen LogP) is 0.0830. The minimum absolute atomic E-state index is 1.01. The van der Waals surface area contributed by atoms with Crippen LogP contribution in [0.25, 0.3) is 0 Å². The Bertz CT molecular complexity index is 68.6. The summed E-state index contributed by atoms with van der Waals surface area (Å²) in [5.41, 5.74) is 0. The first-order valence-corrected chi connectivity index (χ1v) is 3.09. The van der Waals surface area contributed by atoms with Crippen molar-refractivity contribution in [1.29, 1.82) is 0 Å². The third-order valence-electron chi connectivity index (χ3n) is 1.17. The van der Waals surface area contributed by atoms with Crippen LogP contribution in [0.2, 0.25) is 0 Å². The van der Waals surface area contributed by atoms with E-state index in [0.29, 0.717) is 0 Å². The number of nitrogens with one attached hydrogen (secondary N) is 2. The van der Waals surface area contributed by atoms with Gasteiger partial charge in [0.1, 0.15) is 0 Å². The van der Waals surface area contributed by atoms with Gasteiger partial charge in [0.15, 0.2) is 0 Å². The van der Waals surface area contributed by atoms with Gasteiger partial charge in [-0.25, -0.2) is 0 Å². The summed E-state index contributed by atoms with van der Waals surface area (Å²) in [4.78, 5) is 0. The lowest BCUT2D eigenvalue weighted by Gasteiger charge is -2.05. The van der Waals surface area contributed by atoms with E-state index < -0.39 is 0 Å². The Labute approximate surface area is 50.0 Å². The van der Waals surface area contributed by atoms with Crippen molar-refractivity contribution >= 4 is 0 Å². The number of hydrogen-bond donors (Lipinski definition) is 2. The van der Waals surface area contributed by atoms with Crippen LogP contribution >= 0.6 is 0 Å². The van der Waals surface area contributed by atoms with E-state index in [1.165, 1.54) is 6.42 Å². The Kier molecular flexibility index (Phi) is 2.46. The first-order chi connectivity index (χ1) is 4.00. The molecular weight excluding hydrogens is 100 g/mol. The molecule has 0 spiro atoms. The van der Waals surface area contributed by atoms with Crippen LogP contribution in [0.4, 0.5) is 0 Å². The van der Waals surface area contributed by atoms with Gasteiger partial charge in [0.25, 0.3) is 0 Å². The molecule has 1 heterocycles. The van der Waals surface area contributed by atoms with Crippen LogP contribution < -0.4 is 10.6 Å². The molecule has 1 rings (SSSR count). The Morgan fingerprint density at radius 2 is 2.25 bits per heavy atom. The Balaban J connectivity index is 2.17. The van der Waals surface area contributed by atoms with Crippen LogP contribution in [-0.2, 0) is 0 Å². The van der Waals surface area contributed by atoms with Gasteiger partial charge in [-0.1, -0.05) is 6.08 Å². The van der Waals surface area contributed by atoms with Crippen LogP contribution in [0.15, 0.2) is 12.3 Å². The van der Waals surface area contributed by atoms with Crippen molar-refractivity contribution < 1.29 is 0 Å². The summed E-state index contributed by atoms with van der Waals surface area (Å²) in [5.74, 6) is 0.